The van der Waals surface area contributed by atoms with Crippen LogP contribution in [0, 0.1) is 20.8 Å². The van der Waals surface area contributed by atoms with Crippen LogP contribution >= 0.6 is 0 Å². The number of ether oxygens (including phenoxy) is 1. The van der Waals surface area contributed by atoms with Crippen LogP contribution in [0.15, 0.2) is 29.1 Å². The Hall–Kier alpha value is -3.19. The van der Waals surface area contributed by atoms with Crippen LogP contribution in [0.2, 0.25) is 0 Å². The fourth-order valence-electron chi connectivity index (χ4n) is 3.50. The standard InChI is InChI=1S/C21H22N2O5/c1-5-28-21(27)18-12(3)9-15-19(13(18)4)20(26)23(17(10-24)22-15)16-7-6-14(25)8-11(16)2/h6-9,24-25H,5,10H2,1-4H3. The predicted molar refractivity (Wildman–Crippen MR) is 105 cm³/mol. The molecule has 28 heavy (non-hydrogen) atoms. The van der Waals surface area contributed by atoms with Gasteiger partial charge in [-0.2, -0.15) is 0 Å². The van der Waals surface area contributed by atoms with Gasteiger partial charge in [-0.1, -0.05) is 0 Å². The monoisotopic (exact) mass is 382 g/mol. The van der Waals surface area contributed by atoms with Gasteiger partial charge in [-0.15, -0.1) is 0 Å². The van der Waals surface area contributed by atoms with Crippen LogP contribution < -0.4 is 5.56 Å². The van der Waals surface area contributed by atoms with E-state index in [0.29, 0.717) is 38.8 Å². The van der Waals surface area contributed by atoms with Crippen LogP contribution in [0.5, 0.6) is 5.75 Å². The third kappa shape index (κ3) is 3.14. The molecule has 0 aliphatic rings. The van der Waals surface area contributed by atoms with Crippen molar-refractivity contribution in [2.75, 3.05) is 6.61 Å². The highest BCUT2D eigenvalue weighted by Gasteiger charge is 2.21. The van der Waals surface area contributed by atoms with Crippen LogP contribution in [-0.2, 0) is 11.3 Å². The minimum absolute atomic E-state index is 0.0741. The number of nitrogens with zero attached hydrogens (tertiary/aromatic N) is 2. The number of benzene rings is 2. The molecule has 0 aliphatic carbocycles. The van der Waals surface area contributed by atoms with Gasteiger partial charge in [0.2, 0.25) is 0 Å². The number of aliphatic hydroxyl groups excluding tert-OH is 1. The van der Waals surface area contributed by atoms with E-state index in [1.54, 1.807) is 39.8 Å². The summed E-state index contributed by atoms with van der Waals surface area (Å²) in [5, 5.41) is 19.8. The first-order valence-electron chi connectivity index (χ1n) is 8.93. The Balaban J connectivity index is 2.42. The van der Waals surface area contributed by atoms with Gasteiger partial charge in [-0.3, -0.25) is 9.36 Å². The van der Waals surface area contributed by atoms with Crippen molar-refractivity contribution in [3.05, 3.63) is 62.7 Å². The first kappa shape index (κ1) is 19.6. The van der Waals surface area contributed by atoms with E-state index in [2.05, 4.69) is 4.98 Å². The summed E-state index contributed by atoms with van der Waals surface area (Å²) < 4.78 is 6.45. The van der Waals surface area contributed by atoms with Crippen molar-refractivity contribution < 1.29 is 19.7 Å². The van der Waals surface area contributed by atoms with E-state index in [0.717, 1.165) is 0 Å². The number of phenols is 1. The first-order chi connectivity index (χ1) is 13.3. The molecular formula is C21H22N2O5. The smallest absolute Gasteiger partial charge is 0.338 e. The number of fused-ring (bicyclic) bond motifs is 1. The third-order valence-corrected chi connectivity index (χ3v) is 4.72. The molecule has 3 rings (SSSR count). The summed E-state index contributed by atoms with van der Waals surface area (Å²) >= 11 is 0. The largest absolute Gasteiger partial charge is 0.508 e. The van der Waals surface area contributed by atoms with Crippen LogP contribution in [-0.4, -0.2) is 32.3 Å². The SMILES string of the molecule is CCOC(=O)c1c(C)cc2nc(CO)n(-c3ccc(O)cc3C)c(=O)c2c1C. The molecular weight excluding hydrogens is 360 g/mol. The molecule has 0 unspecified atom stereocenters. The number of aromatic nitrogens is 2. The highest BCUT2D eigenvalue weighted by molar-refractivity contribution is 5.99. The number of aromatic hydroxyl groups is 1. The highest BCUT2D eigenvalue weighted by Crippen LogP contribution is 2.25. The molecule has 0 saturated carbocycles. The number of hydrogen-bond donors (Lipinski definition) is 2. The number of aliphatic hydroxyl groups is 1. The molecule has 1 aromatic heterocycles. The van der Waals surface area contributed by atoms with E-state index < -0.39 is 18.1 Å². The molecule has 3 aromatic rings. The van der Waals surface area contributed by atoms with E-state index in [4.69, 9.17) is 4.74 Å². The van der Waals surface area contributed by atoms with Crippen LogP contribution in [0.25, 0.3) is 16.6 Å². The van der Waals surface area contributed by atoms with Crippen molar-refractivity contribution in [3.8, 4) is 11.4 Å². The third-order valence-electron chi connectivity index (χ3n) is 4.72. The molecule has 1 heterocycles. The van der Waals surface area contributed by atoms with E-state index in [1.165, 1.54) is 16.7 Å². The Bertz CT molecular complexity index is 1150. The van der Waals surface area contributed by atoms with Gasteiger partial charge in [0.05, 0.1) is 28.8 Å². The minimum Gasteiger partial charge on any atom is -0.508 e. The molecule has 0 spiro atoms. The van der Waals surface area contributed by atoms with Gasteiger partial charge in [-0.05, 0) is 68.7 Å². The summed E-state index contributed by atoms with van der Waals surface area (Å²) in [7, 11) is 0. The summed E-state index contributed by atoms with van der Waals surface area (Å²) in [5.41, 5.74) is 2.64. The first-order valence-corrected chi connectivity index (χ1v) is 8.93. The average molecular weight is 382 g/mol. The fraction of sp³-hybridized carbons (Fsp3) is 0.286. The normalized spacial score (nSPS) is 11.0. The molecule has 0 radical (unpaired) electrons. The second kappa shape index (κ2) is 7.44. The van der Waals surface area contributed by atoms with Crippen molar-refractivity contribution in [2.45, 2.75) is 34.3 Å². The van der Waals surface area contributed by atoms with Crippen LogP contribution in [0.3, 0.4) is 0 Å². The molecule has 2 aromatic carbocycles. The molecule has 2 N–H and O–H groups in total. The van der Waals surface area contributed by atoms with Gasteiger partial charge in [0, 0.05) is 0 Å². The number of rotatable bonds is 4. The quantitative estimate of drug-likeness (QED) is 0.673. The molecule has 7 heteroatoms. The molecule has 146 valence electrons. The summed E-state index contributed by atoms with van der Waals surface area (Å²) in [6.07, 6.45) is 0. The number of aryl methyl sites for hydroxylation is 3. The minimum atomic E-state index is -0.489. The number of carbonyl (C=O) groups excluding carboxylic acids is 1. The van der Waals surface area contributed by atoms with E-state index in [1.807, 2.05) is 0 Å². The molecule has 0 aliphatic heterocycles. The van der Waals surface area contributed by atoms with Crippen LogP contribution in [0.4, 0.5) is 0 Å². The lowest BCUT2D eigenvalue weighted by atomic mass is 9.98. The van der Waals surface area contributed by atoms with Crippen molar-refractivity contribution in [1.29, 1.82) is 0 Å². The lowest BCUT2D eigenvalue weighted by Crippen LogP contribution is -2.26. The van der Waals surface area contributed by atoms with Crippen LogP contribution in [0.1, 0.15) is 39.8 Å². The fourth-order valence-corrected chi connectivity index (χ4v) is 3.50. The molecule has 0 saturated heterocycles. The number of hydrogen-bond acceptors (Lipinski definition) is 6. The zero-order chi connectivity index (χ0) is 20.6. The van der Waals surface area contributed by atoms with Gasteiger partial charge >= 0.3 is 5.97 Å². The molecule has 0 amide bonds. The maximum absolute atomic E-state index is 13.4. The average Bonchev–Trinajstić information content (AvgIpc) is 2.62. The van der Waals surface area contributed by atoms with Gasteiger partial charge in [0.25, 0.3) is 5.56 Å². The zero-order valence-corrected chi connectivity index (χ0v) is 16.2. The molecule has 0 bridgehead atoms. The van der Waals surface area contributed by atoms with Gasteiger partial charge in [-0.25, -0.2) is 9.78 Å². The van der Waals surface area contributed by atoms with E-state index in [9.17, 15) is 19.8 Å². The summed E-state index contributed by atoms with van der Waals surface area (Å²) in [6, 6.07) is 6.24. The van der Waals surface area contributed by atoms with E-state index in [-0.39, 0.29) is 18.2 Å². The Kier molecular flexibility index (Phi) is 5.20. The molecule has 0 fully saturated rings. The second-order valence-electron chi connectivity index (χ2n) is 6.61. The van der Waals surface area contributed by atoms with Gasteiger partial charge < -0.3 is 14.9 Å². The van der Waals surface area contributed by atoms with Crippen molar-refractivity contribution in [2.24, 2.45) is 0 Å². The van der Waals surface area contributed by atoms with Gasteiger partial charge in [0.1, 0.15) is 18.2 Å². The lowest BCUT2D eigenvalue weighted by molar-refractivity contribution is 0.0525. The molecule has 0 atom stereocenters. The van der Waals surface area contributed by atoms with Crippen molar-refractivity contribution >= 4 is 16.9 Å². The van der Waals surface area contributed by atoms with Crippen molar-refractivity contribution in [1.82, 2.24) is 9.55 Å². The Morgan fingerprint density at radius 3 is 2.50 bits per heavy atom. The van der Waals surface area contributed by atoms with Gasteiger partial charge in [0.15, 0.2) is 0 Å². The summed E-state index contributed by atoms with van der Waals surface area (Å²) in [6.45, 7) is 6.71. The van der Waals surface area contributed by atoms with E-state index >= 15 is 0 Å². The second-order valence-corrected chi connectivity index (χ2v) is 6.61. The number of carbonyl (C=O) groups is 1. The topological polar surface area (TPSA) is 102 Å². The predicted octanol–water partition coefficient (Wildman–Crippen LogP) is 2.69. The molecule has 7 nitrogen and oxygen atoms in total. The zero-order valence-electron chi connectivity index (χ0n) is 16.2. The Labute approximate surface area is 161 Å². The summed E-state index contributed by atoms with van der Waals surface area (Å²) in [4.78, 5) is 30.3. The Morgan fingerprint density at radius 1 is 1.18 bits per heavy atom. The Morgan fingerprint density at radius 2 is 1.89 bits per heavy atom. The summed E-state index contributed by atoms with van der Waals surface area (Å²) in [5.74, 6) is -0.239. The highest BCUT2D eigenvalue weighted by atomic mass is 16.5. The lowest BCUT2D eigenvalue weighted by Gasteiger charge is -2.17. The maximum atomic E-state index is 13.4. The number of esters is 1. The number of phenolic OH excluding ortho intramolecular Hbond substituents is 1. The van der Waals surface area contributed by atoms with Crippen molar-refractivity contribution in [3.63, 3.8) is 0 Å². The maximum Gasteiger partial charge on any atom is 0.338 e.